The molecule has 0 saturated heterocycles. The summed E-state index contributed by atoms with van der Waals surface area (Å²) in [6.45, 7) is 36.6. The van der Waals surface area contributed by atoms with E-state index in [0.717, 1.165) is 11.8 Å². The van der Waals surface area contributed by atoms with Crippen LogP contribution >= 0.6 is 0 Å². The molecule has 1 amide bonds. The van der Waals surface area contributed by atoms with Crippen molar-refractivity contribution in [2.45, 2.75) is 176 Å². The number of likely N-dealkylation sites (N-methyl/N-ethyl adjacent to an activating group) is 1. The van der Waals surface area contributed by atoms with Gasteiger partial charge in [-0.15, -0.1) is 0 Å². The molecule has 0 aromatic carbocycles. The first-order valence-corrected chi connectivity index (χ1v) is 15.4. The van der Waals surface area contributed by atoms with Crippen molar-refractivity contribution >= 4 is 12.2 Å². The van der Waals surface area contributed by atoms with Crippen molar-refractivity contribution in [2.75, 3.05) is 7.05 Å². The summed E-state index contributed by atoms with van der Waals surface area (Å²) in [6, 6.07) is -0.428. The Labute approximate surface area is 227 Å². The van der Waals surface area contributed by atoms with E-state index < -0.39 is 11.9 Å². The third kappa shape index (κ3) is 87.8. The highest BCUT2D eigenvalue weighted by Crippen LogP contribution is 2.24. The van der Waals surface area contributed by atoms with E-state index in [1.807, 2.05) is 111 Å². The molecule has 35 heavy (non-hydrogen) atoms. The van der Waals surface area contributed by atoms with E-state index in [2.05, 4.69) is 19.2 Å². The minimum atomic E-state index is -0.471. The van der Waals surface area contributed by atoms with Crippen molar-refractivity contribution in [1.29, 1.82) is 0 Å². The minimum Gasteiger partial charge on any atom is -0.370 e. The van der Waals surface area contributed by atoms with Gasteiger partial charge in [-0.1, -0.05) is 163 Å². The van der Waals surface area contributed by atoms with Crippen LogP contribution in [0.25, 0.3) is 0 Å². The number of hydrogen-bond donors (Lipinski definition) is 2. The van der Waals surface area contributed by atoms with Gasteiger partial charge in [-0.05, 0) is 18.9 Å². The second-order valence-corrected chi connectivity index (χ2v) is 5.77. The number of rotatable bonds is 4. The number of amides is 1. The fraction of sp³-hybridized carbons (Fsp3) is 0.935. The SMILES string of the molecule is CC.CC.CC.CC.CC.CC.CC.CC.CC1CCC1.CC1CCC1.CN[C@H](C=O)CC(N)=O. The highest BCUT2D eigenvalue weighted by atomic mass is 16.1. The van der Waals surface area contributed by atoms with Gasteiger partial charge in [-0.3, -0.25) is 4.79 Å². The summed E-state index contributed by atoms with van der Waals surface area (Å²) in [6.07, 6.45) is 9.65. The lowest BCUT2D eigenvalue weighted by atomic mass is 9.88. The van der Waals surface area contributed by atoms with Crippen LogP contribution in [0.15, 0.2) is 0 Å². The van der Waals surface area contributed by atoms with Crippen molar-refractivity contribution in [3.8, 4) is 0 Å². The fourth-order valence-corrected chi connectivity index (χ4v) is 1.66. The van der Waals surface area contributed by atoms with Crippen LogP contribution in [0.1, 0.15) is 170 Å². The first-order valence-electron chi connectivity index (χ1n) is 15.4. The Morgan fingerprint density at radius 3 is 0.914 bits per heavy atom. The van der Waals surface area contributed by atoms with E-state index >= 15 is 0 Å². The molecule has 0 radical (unpaired) electrons. The Kier molecular flexibility index (Phi) is 143. The number of hydrogen-bond acceptors (Lipinski definition) is 3. The summed E-state index contributed by atoms with van der Waals surface area (Å²) in [5.41, 5.74) is 4.81. The molecule has 3 N–H and O–H groups in total. The molecular weight excluding hydrogens is 432 g/mol. The molecule has 0 aromatic heterocycles. The molecule has 0 bridgehead atoms. The number of aldehydes is 1. The van der Waals surface area contributed by atoms with Gasteiger partial charge < -0.3 is 15.8 Å². The molecule has 0 aromatic rings. The zero-order chi connectivity index (χ0) is 30.7. The van der Waals surface area contributed by atoms with Crippen LogP contribution in [0.3, 0.4) is 0 Å². The van der Waals surface area contributed by atoms with Gasteiger partial charge in [0.2, 0.25) is 5.91 Å². The highest BCUT2D eigenvalue weighted by Gasteiger charge is 2.09. The standard InChI is InChI=1S/C5H10N2O2.2C5H10.8C2H6/c1-7-4(3-8)2-5(6)9;2*1-5-3-2-4-5;8*1-2/h3-4,7H,2H2,1H3,(H2,6,9);2*5H,2-4H2,1H3;8*1-2H3/t4-;;;;;;;;;;/m0........../s1. The number of nitrogens with one attached hydrogen (secondary N) is 1. The van der Waals surface area contributed by atoms with Crippen LogP contribution in [-0.2, 0) is 9.59 Å². The average Bonchev–Trinajstić information content (AvgIpc) is 2.94. The van der Waals surface area contributed by atoms with Crippen molar-refractivity contribution in [3.63, 3.8) is 0 Å². The van der Waals surface area contributed by atoms with Gasteiger partial charge in [-0.25, -0.2) is 0 Å². The van der Waals surface area contributed by atoms with Crippen LogP contribution in [0.4, 0.5) is 0 Å². The maximum atomic E-state index is 10.2. The predicted molar refractivity (Wildman–Crippen MR) is 170 cm³/mol. The largest absolute Gasteiger partial charge is 0.370 e. The lowest BCUT2D eigenvalue weighted by Gasteiger charge is -2.18. The second-order valence-electron chi connectivity index (χ2n) is 5.77. The van der Waals surface area contributed by atoms with Crippen molar-refractivity contribution in [1.82, 2.24) is 5.32 Å². The van der Waals surface area contributed by atoms with Gasteiger partial charge >= 0.3 is 0 Å². The molecule has 0 unspecified atom stereocenters. The molecule has 0 aliphatic heterocycles. The van der Waals surface area contributed by atoms with Gasteiger partial charge in [0.25, 0.3) is 0 Å². The normalized spacial score (nSPS) is 12.0. The zero-order valence-electron chi connectivity index (χ0n) is 28.7. The summed E-state index contributed by atoms with van der Waals surface area (Å²) in [4.78, 5) is 20.2. The Morgan fingerprint density at radius 1 is 0.686 bits per heavy atom. The molecule has 2 rings (SSSR count). The van der Waals surface area contributed by atoms with Gasteiger partial charge in [0.05, 0.1) is 6.04 Å². The third-order valence-corrected chi connectivity index (χ3v) is 3.74. The first-order chi connectivity index (χ1) is 17.0. The molecule has 2 aliphatic rings. The lowest BCUT2D eigenvalue weighted by Crippen LogP contribution is -2.31. The molecule has 0 heterocycles. The van der Waals surface area contributed by atoms with Gasteiger partial charge in [0.15, 0.2) is 0 Å². The number of primary amides is 1. The van der Waals surface area contributed by atoms with Crippen LogP contribution in [0.5, 0.6) is 0 Å². The van der Waals surface area contributed by atoms with E-state index in [0.29, 0.717) is 6.29 Å². The van der Waals surface area contributed by atoms with Gasteiger partial charge in [-0.2, -0.15) is 0 Å². The molecule has 0 spiro atoms. The van der Waals surface area contributed by atoms with Gasteiger partial charge in [0, 0.05) is 6.42 Å². The Balaban J connectivity index is -0.0000000328. The molecule has 4 nitrogen and oxygen atoms in total. The van der Waals surface area contributed by atoms with E-state index in [9.17, 15) is 9.59 Å². The van der Waals surface area contributed by atoms with Gasteiger partial charge in [0.1, 0.15) is 6.29 Å². The van der Waals surface area contributed by atoms with Crippen LogP contribution in [0, 0.1) is 11.8 Å². The summed E-state index contributed by atoms with van der Waals surface area (Å²) < 4.78 is 0. The van der Waals surface area contributed by atoms with Crippen molar-refractivity contribution in [3.05, 3.63) is 0 Å². The van der Waals surface area contributed by atoms with E-state index in [-0.39, 0.29) is 6.42 Å². The quantitative estimate of drug-likeness (QED) is 0.369. The summed E-state index contributed by atoms with van der Waals surface area (Å²) >= 11 is 0. The second kappa shape index (κ2) is 84.4. The van der Waals surface area contributed by atoms with Crippen molar-refractivity contribution in [2.24, 2.45) is 17.6 Å². The number of carbonyl (C=O) groups is 2. The van der Waals surface area contributed by atoms with Crippen LogP contribution in [0.2, 0.25) is 0 Å². The number of carbonyl (C=O) groups excluding carboxylic acids is 2. The van der Waals surface area contributed by atoms with Crippen LogP contribution in [-0.4, -0.2) is 25.3 Å². The molecule has 2 saturated carbocycles. The molecule has 2 fully saturated rings. The fourth-order valence-electron chi connectivity index (χ4n) is 1.66. The Bertz CT molecular complexity index is 240. The Morgan fingerprint density at radius 2 is 0.886 bits per heavy atom. The average molecular weight is 511 g/mol. The van der Waals surface area contributed by atoms with E-state index in [4.69, 9.17) is 5.73 Å². The highest BCUT2D eigenvalue weighted by molar-refractivity contribution is 5.78. The minimum absolute atomic E-state index is 0.0694. The molecule has 1 atom stereocenters. The topological polar surface area (TPSA) is 72.2 Å². The monoisotopic (exact) mass is 511 g/mol. The third-order valence-electron chi connectivity index (χ3n) is 3.74. The lowest BCUT2D eigenvalue weighted by molar-refractivity contribution is -0.120. The maximum Gasteiger partial charge on any atom is 0.219 e. The predicted octanol–water partition coefficient (Wildman–Crippen LogP) is 10.5. The Hall–Kier alpha value is -0.900. The molecular formula is C31H78N2O2. The van der Waals surface area contributed by atoms with E-state index in [1.165, 1.54) is 38.5 Å². The molecule has 4 heteroatoms. The maximum absolute atomic E-state index is 10.2. The summed E-state index contributed by atoms with van der Waals surface area (Å²) in [5.74, 6) is 1.66. The summed E-state index contributed by atoms with van der Waals surface area (Å²) in [7, 11) is 1.60. The molecule has 2 aliphatic carbocycles. The smallest absolute Gasteiger partial charge is 0.219 e. The van der Waals surface area contributed by atoms with Crippen molar-refractivity contribution < 1.29 is 9.59 Å². The molecule has 224 valence electrons. The summed E-state index contributed by atoms with van der Waals surface area (Å²) in [5, 5.41) is 2.61. The van der Waals surface area contributed by atoms with E-state index in [1.54, 1.807) is 7.05 Å². The number of nitrogens with two attached hydrogens (primary N) is 1. The zero-order valence-corrected chi connectivity index (χ0v) is 28.7. The first kappa shape index (κ1) is 59.3. The van der Waals surface area contributed by atoms with Crippen LogP contribution < -0.4 is 11.1 Å².